The summed E-state index contributed by atoms with van der Waals surface area (Å²) in [5, 5.41) is 0. The number of nitrogens with two attached hydrogens (primary N) is 1. The Morgan fingerprint density at radius 3 is 1.83 bits per heavy atom. The maximum Gasteiger partial charge on any atom is 0.333 e. The first-order valence-electron chi connectivity index (χ1n) is 5.94. The molecule has 0 rings (SSSR count). The summed E-state index contributed by atoms with van der Waals surface area (Å²) < 4.78 is 20.4. The van der Waals surface area contributed by atoms with Crippen LogP contribution in [0.1, 0.15) is 6.92 Å². The SMILES string of the molecule is C=C(C)C(=O)OCCOCCOCCOCCN. The Balaban J connectivity index is 3.07. The van der Waals surface area contributed by atoms with Crippen LogP contribution in [0.3, 0.4) is 0 Å². The van der Waals surface area contributed by atoms with Crippen LogP contribution in [-0.4, -0.2) is 58.8 Å². The third kappa shape index (κ3) is 11.5. The van der Waals surface area contributed by atoms with E-state index in [1.54, 1.807) is 6.92 Å². The minimum atomic E-state index is -0.396. The fourth-order valence-electron chi connectivity index (χ4n) is 0.942. The predicted octanol–water partition coefficient (Wildman–Crippen LogP) is 0.114. The topological polar surface area (TPSA) is 80.0 Å². The van der Waals surface area contributed by atoms with Crippen LogP contribution in [0.4, 0.5) is 0 Å². The summed E-state index contributed by atoms with van der Waals surface area (Å²) in [5.41, 5.74) is 5.64. The van der Waals surface area contributed by atoms with Gasteiger partial charge in [-0.05, 0) is 6.92 Å². The summed E-state index contributed by atoms with van der Waals surface area (Å²) in [7, 11) is 0. The van der Waals surface area contributed by atoms with Gasteiger partial charge in [0.15, 0.2) is 0 Å². The Kier molecular flexibility index (Phi) is 11.8. The minimum Gasteiger partial charge on any atom is -0.460 e. The molecule has 0 atom stereocenters. The van der Waals surface area contributed by atoms with Crippen molar-refractivity contribution in [3.8, 4) is 0 Å². The highest BCUT2D eigenvalue weighted by Crippen LogP contribution is 1.91. The van der Waals surface area contributed by atoms with Crippen molar-refractivity contribution in [2.75, 3.05) is 52.8 Å². The van der Waals surface area contributed by atoms with Crippen molar-refractivity contribution >= 4 is 5.97 Å². The molecule has 0 unspecified atom stereocenters. The molecule has 0 bridgehead atoms. The van der Waals surface area contributed by atoms with Crippen molar-refractivity contribution < 1.29 is 23.7 Å². The summed E-state index contributed by atoms with van der Waals surface area (Å²) in [4.78, 5) is 11.0. The van der Waals surface area contributed by atoms with E-state index in [-0.39, 0.29) is 6.61 Å². The number of carbonyl (C=O) groups excluding carboxylic acids is 1. The van der Waals surface area contributed by atoms with E-state index in [2.05, 4.69) is 6.58 Å². The molecule has 106 valence electrons. The molecule has 0 spiro atoms. The van der Waals surface area contributed by atoms with Gasteiger partial charge in [0.25, 0.3) is 0 Å². The molecule has 0 aliphatic carbocycles. The smallest absolute Gasteiger partial charge is 0.333 e. The maximum atomic E-state index is 11.0. The zero-order chi connectivity index (χ0) is 13.6. The molecule has 0 aromatic heterocycles. The van der Waals surface area contributed by atoms with Crippen LogP contribution in [-0.2, 0) is 23.7 Å². The van der Waals surface area contributed by atoms with Crippen molar-refractivity contribution in [1.82, 2.24) is 0 Å². The molecule has 0 aromatic carbocycles. The average Bonchev–Trinajstić information content (AvgIpc) is 2.35. The Labute approximate surface area is 108 Å². The van der Waals surface area contributed by atoms with Gasteiger partial charge in [0.2, 0.25) is 0 Å². The molecule has 0 aromatic rings. The van der Waals surface area contributed by atoms with Gasteiger partial charge in [-0.15, -0.1) is 0 Å². The second-order valence-corrected chi connectivity index (χ2v) is 3.54. The van der Waals surface area contributed by atoms with Gasteiger partial charge in [0.05, 0.1) is 39.6 Å². The van der Waals surface area contributed by atoms with Crippen molar-refractivity contribution in [2.45, 2.75) is 6.92 Å². The lowest BCUT2D eigenvalue weighted by Crippen LogP contribution is -2.15. The summed E-state index contributed by atoms with van der Waals surface area (Å²) in [6.07, 6.45) is 0. The molecular weight excluding hydrogens is 238 g/mol. The van der Waals surface area contributed by atoms with Crippen LogP contribution < -0.4 is 5.73 Å². The molecule has 18 heavy (non-hydrogen) atoms. The predicted molar refractivity (Wildman–Crippen MR) is 67.3 cm³/mol. The molecule has 0 aliphatic rings. The van der Waals surface area contributed by atoms with Crippen molar-refractivity contribution in [1.29, 1.82) is 0 Å². The lowest BCUT2D eigenvalue weighted by molar-refractivity contribution is -0.140. The van der Waals surface area contributed by atoms with Gasteiger partial charge >= 0.3 is 5.97 Å². The molecule has 0 heterocycles. The van der Waals surface area contributed by atoms with Crippen molar-refractivity contribution in [3.05, 3.63) is 12.2 Å². The zero-order valence-corrected chi connectivity index (χ0v) is 11.0. The number of esters is 1. The molecule has 0 amide bonds. The Hall–Kier alpha value is -0.950. The normalized spacial score (nSPS) is 10.3. The molecule has 2 N–H and O–H groups in total. The fraction of sp³-hybridized carbons (Fsp3) is 0.750. The van der Waals surface area contributed by atoms with Crippen LogP contribution in [0.15, 0.2) is 12.2 Å². The van der Waals surface area contributed by atoms with E-state index >= 15 is 0 Å². The molecule has 0 fully saturated rings. The van der Waals surface area contributed by atoms with Gasteiger partial charge in [-0.1, -0.05) is 6.58 Å². The molecule has 0 radical (unpaired) electrons. The number of ether oxygens (including phenoxy) is 4. The summed E-state index contributed by atoms with van der Waals surface area (Å²) in [5.74, 6) is -0.396. The second kappa shape index (κ2) is 12.5. The third-order valence-electron chi connectivity index (χ3n) is 1.82. The van der Waals surface area contributed by atoms with Crippen molar-refractivity contribution in [2.24, 2.45) is 5.73 Å². The highest BCUT2D eigenvalue weighted by molar-refractivity contribution is 5.86. The average molecular weight is 261 g/mol. The lowest BCUT2D eigenvalue weighted by Gasteiger charge is -2.07. The minimum absolute atomic E-state index is 0.227. The first kappa shape index (κ1) is 17.1. The highest BCUT2D eigenvalue weighted by Gasteiger charge is 2.01. The molecule has 0 saturated carbocycles. The lowest BCUT2D eigenvalue weighted by atomic mass is 10.4. The van der Waals surface area contributed by atoms with Gasteiger partial charge in [0, 0.05) is 12.1 Å². The molecule has 6 nitrogen and oxygen atoms in total. The largest absolute Gasteiger partial charge is 0.460 e. The standard InChI is InChI=1S/C12H23NO5/c1-11(2)12(14)18-10-9-17-8-7-16-6-5-15-4-3-13/h1,3-10,13H2,2H3. The third-order valence-corrected chi connectivity index (χ3v) is 1.82. The van der Waals surface area contributed by atoms with Gasteiger partial charge in [-0.25, -0.2) is 4.79 Å². The first-order valence-corrected chi connectivity index (χ1v) is 5.94. The van der Waals surface area contributed by atoms with Crippen LogP contribution in [0.5, 0.6) is 0 Å². The highest BCUT2D eigenvalue weighted by atomic mass is 16.6. The van der Waals surface area contributed by atoms with E-state index in [1.165, 1.54) is 0 Å². The summed E-state index contributed by atoms with van der Waals surface area (Å²) in [6, 6.07) is 0. The van der Waals surface area contributed by atoms with E-state index in [0.717, 1.165) is 0 Å². The second-order valence-electron chi connectivity index (χ2n) is 3.54. The summed E-state index contributed by atoms with van der Waals surface area (Å²) in [6.45, 7) is 8.72. The molecule has 0 aliphatic heterocycles. The maximum absolute atomic E-state index is 11.0. The van der Waals surface area contributed by atoms with Crippen LogP contribution >= 0.6 is 0 Å². The Morgan fingerprint density at radius 2 is 1.39 bits per heavy atom. The van der Waals surface area contributed by atoms with E-state index < -0.39 is 5.97 Å². The van der Waals surface area contributed by atoms with Gasteiger partial charge in [-0.3, -0.25) is 0 Å². The van der Waals surface area contributed by atoms with Gasteiger partial charge < -0.3 is 24.7 Å². The Morgan fingerprint density at radius 1 is 0.944 bits per heavy atom. The molecule has 0 saturated heterocycles. The van der Waals surface area contributed by atoms with Crippen LogP contribution in [0.25, 0.3) is 0 Å². The van der Waals surface area contributed by atoms with Gasteiger partial charge in [-0.2, -0.15) is 0 Å². The number of carbonyl (C=O) groups is 1. The van der Waals surface area contributed by atoms with Crippen LogP contribution in [0, 0.1) is 0 Å². The number of hydrogen-bond donors (Lipinski definition) is 1. The van der Waals surface area contributed by atoms with E-state index in [4.69, 9.17) is 24.7 Å². The quantitative estimate of drug-likeness (QED) is 0.305. The van der Waals surface area contributed by atoms with E-state index in [9.17, 15) is 4.79 Å². The first-order chi connectivity index (χ1) is 8.68. The summed E-state index contributed by atoms with van der Waals surface area (Å²) >= 11 is 0. The monoisotopic (exact) mass is 261 g/mol. The van der Waals surface area contributed by atoms with Crippen LogP contribution in [0.2, 0.25) is 0 Å². The number of hydrogen-bond acceptors (Lipinski definition) is 6. The molecular formula is C12H23NO5. The fourth-order valence-corrected chi connectivity index (χ4v) is 0.942. The van der Waals surface area contributed by atoms with Crippen molar-refractivity contribution in [3.63, 3.8) is 0 Å². The molecule has 6 heteroatoms. The number of rotatable bonds is 12. The van der Waals surface area contributed by atoms with E-state index in [1.807, 2.05) is 0 Å². The zero-order valence-electron chi connectivity index (χ0n) is 11.0. The Bertz CT molecular complexity index is 233. The van der Waals surface area contributed by atoms with Gasteiger partial charge in [0.1, 0.15) is 6.61 Å². The van der Waals surface area contributed by atoms with E-state index in [0.29, 0.717) is 51.8 Å².